The maximum atomic E-state index is 12.4. The van der Waals surface area contributed by atoms with Crippen LogP contribution in [0.5, 0.6) is 0 Å². The molecule has 1 aliphatic heterocycles. The summed E-state index contributed by atoms with van der Waals surface area (Å²) in [4.78, 5) is 13.8. The summed E-state index contributed by atoms with van der Waals surface area (Å²) in [6, 6.07) is 5.02. The van der Waals surface area contributed by atoms with Gasteiger partial charge in [0.2, 0.25) is 5.91 Å². The Bertz CT molecular complexity index is 470. The van der Waals surface area contributed by atoms with Crippen LogP contribution in [0.25, 0.3) is 0 Å². The number of amides is 1. The van der Waals surface area contributed by atoms with E-state index in [2.05, 4.69) is 5.32 Å². The highest BCUT2D eigenvalue weighted by atomic mass is 19.4. The number of hydrogen-bond acceptors (Lipinski definition) is 2. The number of alkyl halides is 3. The number of piperazine rings is 1. The molecule has 0 bridgehead atoms. The Hall–Kier alpha value is -1.56. The van der Waals surface area contributed by atoms with Crippen molar-refractivity contribution in [1.29, 1.82) is 0 Å². The molecule has 0 spiro atoms. The third kappa shape index (κ3) is 3.72. The average molecular weight is 286 g/mol. The zero-order valence-corrected chi connectivity index (χ0v) is 11.2. The monoisotopic (exact) mass is 286 g/mol. The van der Waals surface area contributed by atoms with Crippen molar-refractivity contribution in [3.63, 3.8) is 0 Å². The minimum absolute atomic E-state index is 0.0434. The van der Waals surface area contributed by atoms with Crippen LogP contribution in [0.2, 0.25) is 0 Å². The summed E-state index contributed by atoms with van der Waals surface area (Å²) < 4.78 is 37.3. The predicted molar refractivity (Wildman–Crippen MR) is 69.2 cm³/mol. The molecule has 1 aromatic carbocycles. The van der Waals surface area contributed by atoms with E-state index in [0.29, 0.717) is 18.7 Å². The number of benzene rings is 1. The Morgan fingerprint density at radius 3 is 2.55 bits per heavy atom. The molecule has 1 fully saturated rings. The molecule has 20 heavy (non-hydrogen) atoms. The highest BCUT2D eigenvalue weighted by Crippen LogP contribution is 2.29. The second-order valence-electron chi connectivity index (χ2n) is 5.07. The van der Waals surface area contributed by atoms with Crippen molar-refractivity contribution in [2.75, 3.05) is 19.6 Å². The van der Waals surface area contributed by atoms with Crippen molar-refractivity contribution in [3.05, 3.63) is 35.4 Å². The Labute approximate surface area is 115 Å². The smallest absolute Gasteiger partial charge is 0.340 e. The normalized spacial score (nSPS) is 20.0. The standard InChI is InChI=1S/C14H17F3N2O/c1-10-9-19(7-6-18-10)13(20)8-11-2-4-12(5-3-11)14(15,16)17/h2-5,10,18H,6-9H2,1H3/t10-/m0/s1. The van der Waals surface area contributed by atoms with E-state index in [1.807, 2.05) is 6.92 Å². The van der Waals surface area contributed by atoms with Gasteiger partial charge in [-0.25, -0.2) is 0 Å². The van der Waals surface area contributed by atoms with Crippen molar-refractivity contribution < 1.29 is 18.0 Å². The van der Waals surface area contributed by atoms with Gasteiger partial charge in [-0.05, 0) is 24.6 Å². The molecule has 1 atom stereocenters. The van der Waals surface area contributed by atoms with Crippen LogP contribution in [0, 0.1) is 0 Å². The Morgan fingerprint density at radius 1 is 1.35 bits per heavy atom. The predicted octanol–water partition coefficient (Wildman–Crippen LogP) is 2.07. The van der Waals surface area contributed by atoms with Gasteiger partial charge >= 0.3 is 6.18 Å². The van der Waals surface area contributed by atoms with Crippen molar-refractivity contribution in [1.82, 2.24) is 10.2 Å². The first kappa shape index (κ1) is 14.8. The second-order valence-corrected chi connectivity index (χ2v) is 5.07. The van der Waals surface area contributed by atoms with Crippen LogP contribution in [0.15, 0.2) is 24.3 Å². The van der Waals surface area contributed by atoms with Crippen molar-refractivity contribution in [3.8, 4) is 0 Å². The summed E-state index contributed by atoms with van der Waals surface area (Å²) in [6.45, 7) is 4.03. The number of hydrogen-bond donors (Lipinski definition) is 1. The van der Waals surface area contributed by atoms with Gasteiger partial charge in [0, 0.05) is 25.7 Å². The van der Waals surface area contributed by atoms with E-state index >= 15 is 0 Å². The molecule has 0 unspecified atom stereocenters. The largest absolute Gasteiger partial charge is 0.416 e. The molecule has 0 saturated carbocycles. The molecule has 3 nitrogen and oxygen atoms in total. The average Bonchev–Trinajstić information content (AvgIpc) is 2.38. The van der Waals surface area contributed by atoms with E-state index in [9.17, 15) is 18.0 Å². The maximum Gasteiger partial charge on any atom is 0.416 e. The van der Waals surface area contributed by atoms with E-state index in [1.54, 1.807) is 4.90 Å². The van der Waals surface area contributed by atoms with Gasteiger partial charge in [0.25, 0.3) is 0 Å². The Balaban J connectivity index is 1.97. The first-order valence-corrected chi connectivity index (χ1v) is 6.53. The van der Waals surface area contributed by atoms with Crippen LogP contribution >= 0.6 is 0 Å². The summed E-state index contributed by atoms with van der Waals surface area (Å²) in [7, 11) is 0. The van der Waals surface area contributed by atoms with E-state index in [1.165, 1.54) is 12.1 Å². The molecule has 1 saturated heterocycles. The molecular formula is C14H17F3N2O. The van der Waals surface area contributed by atoms with Crippen LogP contribution in [0.4, 0.5) is 13.2 Å². The number of rotatable bonds is 2. The molecule has 6 heteroatoms. The Morgan fingerprint density at radius 2 is 2.00 bits per heavy atom. The summed E-state index contributed by atoms with van der Waals surface area (Å²) in [6.07, 6.45) is -4.19. The van der Waals surface area contributed by atoms with E-state index in [-0.39, 0.29) is 18.4 Å². The summed E-state index contributed by atoms with van der Waals surface area (Å²) >= 11 is 0. The molecule has 1 aromatic rings. The quantitative estimate of drug-likeness (QED) is 0.902. The third-order valence-electron chi connectivity index (χ3n) is 3.36. The van der Waals surface area contributed by atoms with Crippen molar-refractivity contribution in [2.45, 2.75) is 25.6 Å². The lowest BCUT2D eigenvalue weighted by Crippen LogP contribution is -2.51. The van der Waals surface area contributed by atoms with E-state index in [4.69, 9.17) is 0 Å². The van der Waals surface area contributed by atoms with Crippen LogP contribution in [0.3, 0.4) is 0 Å². The zero-order chi connectivity index (χ0) is 14.8. The molecule has 1 amide bonds. The van der Waals surface area contributed by atoms with Gasteiger partial charge in [0.05, 0.1) is 12.0 Å². The van der Waals surface area contributed by atoms with Gasteiger partial charge in [-0.15, -0.1) is 0 Å². The number of nitrogens with zero attached hydrogens (tertiary/aromatic N) is 1. The van der Waals surface area contributed by atoms with Gasteiger partial charge in [0.15, 0.2) is 0 Å². The fraction of sp³-hybridized carbons (Fsp3) is 0.500. The SMILES string of the molecule is C[C@H]1CN(C(=O)Cc2ccc(C(F)(F)F)cc2)CCN1. The summed E-state index contributed by atoms with van der Waals surface area (Å²) in [5.41, 5.74) is -0.0846. The molecule has 110 valence electrons. The van der Waals surface area contributed by atoms with Gasteiger partial charge in [0.1, 0.15) is 0 Å². The lowest BCUT2D eigenvalue weighted by Gasteiger charge is -2.32. The molecular weight excluding hydrogens is 269 g/mol. The first-order valence-electron chi connectivity index (χ1n) is 6.53. The van der Waals surface area contributed by atoms with Crippen LogP contribution in [0.1, 0.15) is 18.1 Å². The number of carbonyl (C=O) groups excluding carboxylic acids is 1. The van der Waals surface area contributed by atoms with Crippen molar-refractivity contribution >= 4 is 5.91 Å². The van der Waals surface area contributed by atoms with Crippen LogP contribution in [-0.4, -0.2) is 36.5 Å². The van der Waals surface area contributed by atoms with Gasteiger partial charge in [-0.2, -0.15) is 13.2 Å². The van der Waals surface area contributed by atoms with Crippen molar-refractivity contribution in [2.24, 2.45) is 0 Å². The molecule has 0 aromatic heterocycles. The molecule has 0 aliphatic carbocycles. The highest BCUT2D eigenvalue weighted by molar-refractivity contribution is 5.79. The van der Waals surface area contributed by atoms with E-state index in [0.717, 1.165) is 18.7 Å². The fourth-order valence-electron chi connectivity index (χ4n) is 2.26. The molecule has 2 rings (SSSR count). The van der Waals surface area contributed by atoms with Gasteiger partial charge in [-0.1, -0.05) is 12.1 Å². The maximum absolute atomic E-state index is 12.4. The fourth-order valence-corrected chi connectivity index (χ4v) is 2.26. The van der Waals surface area contributed by atoms with Crippen LogP contribution in [-0.2, 0) is 17.4 Å². The third-order valence-corrected chi connectivity index (χ3v) is 3.36. The minimum atomic E-state index is -4.34. The van der Waals surface area contributed by atoms with Gasteiger partial charge in [-0.3, -0.25) is 4.79 Å². The number of halogens is 3. The highest BCUT2D eigenvalue weighted by Gasteiger charge is 2.30. The van der Waals surface area contributed by atoms with Gasteiger partial charge < -0.3 is 10.2 Å². The molecule has 1 N–H and O–H groups in total. The molecule has 1 aliphatic rings. The topological polar surface area (TPSA) is 32.3 Å². The van der Waals surface area contributed by atoms with E-state index < -0.39 is 11.7 Å². The summed E-state index contributed by atoms with van der Waals surface area (Å²) in [5, 5.41) is 3.24. The number of carbonyl (C=O) groups is 1. The lowest BCUT2D eigenvalue weighted by molar-refractivity contribution is -0.137. The van der Waals surface area contributed by atoms with Crippen LogP contribution < -0.4 is 5.32 Å². The number of nitrogens with one attached hydrogen (secondary N) is 1. The zero-order valence-electron chi connectivity index (χ0n) is 11.2. The lowest BCUT2D eigenvalue weighted by atomic mass is 10.1. The second kappa shape index (κ2) is 5.83. The minimum Gasteiger partial charge on any atom is -0.340 e. The molecule has 1 heterocycles. The Kier molecular flexibility index (Phi) is 4.32. The summed E-state index contributed by atoms with van der Waals surface area (Å²) in [5.74, 6) is -0.0434. The molecule has 0 radical (unpaired) electrons. The first-order chi connectivity index (χ1) is 9.36.